The fourth-order valence-corrected chi connectivity index (χ4v) is 4.00. The maximum atomic E-state index is 12.2. The molecule has 1 amide bonds. The Bertz CT molecular complexity index is 643. The molecular formula is C20H33N5O2. The second-order valence-corrected chi connectivity index (χ2v) is 8.40. The van der Waals surface area contributed by atoms with E-state index in [0.29, 0.717) is 42.3 Å². The van der Waals surface area contributed by atoms with E-state index in [2.05, 4.69) is 54.8 Å². The molecule has 0 spiro atoms. The standard InChI is InChI=1S/C20H33N5O2/c1-13(2)17-12-27-20(26)25(17)18-6-9-21-19(23-18)22-15(5)16-7-10-24(11-8-16)14(3)4/h6,9,13-17H,7-8,10-12H2,1-5H3,(H,21,22,23). The number of cyclic esters (lactones) is 1. The lowest BCUT2D eigenvalue weighted by atomic mass is 9.90. The van der Waals surface area contributed by atoms with Crippen LogP contribution in [0.2, 0.25) is 0 Å². The summed E-state index contributed by atoms with van der Waals surface area (Å²) in [6.07, 6.45) is 3.74. The number of rotatable bonds is 6. The summed E-state index contributed by atoms with van der Waals surface area (Å²) in [5.74, 6) is 2.09. The number of hydrogen-bond donors (Lipinski definition) is 1. The third-order valence-corrected chi connectivity index (χ3v) is 5.93. The third kappa shape index (κ3) is 4.51. The van der Waals surface area contributed by atoms with E-state index in [9.17, 15) is 4.79 Å². The van der Waals surface area contributed by atoms with Crippen molar-refractivity contribution in [3.8, 4) is 0 Å². The van der Waals surface area contributed by atoms with Gasteiger partial charge in [0, 0.05) is 18.3 Å². The van der Waals surface area contributed by atoms with Crippen LogP contribution in [0.5, 0.6) is 0 Å². The molecule has 2 unspecified atom stereocenters. The predicted molar refractivity (Wildman–Crippen MR) is 107 cm³/mol. The number of nitrogens with zero attached hydrogens (tertiary/aromatic N) is 4. The van der Waals surface area contributed by atoms with Gasteiger partial charge in [0.05, 0.1) is 6.04 Å². The summed E-state index contributed by atoms with van der Waals surface area (Å²) in [6.45, 7) is 13.6. The summed E-state index contributed by atoms with van der Waals surface area (Å²) in [7, 11) is 0. The molecule has 2 aliphatic heterocycles. The lowest BCUT2D eigenvalue weighted by Gasteiger charge is -2.37. The van der Waals surface area contributed by atoms with E-state index in [-0.39, 0.29) is 12.1 Å². The zero-order valence-electron chi connectivity index (χ0n) is 17.2. The van der Waals surface area contributed by atoms with Crippen molar-refractivity contribution in [1.82, 2.24) is 14.9 Å². The Morgan fingerprint density at radius 2 is 1.89 bits per heavy atom. The van der Waals surface area contributed by atoms with Crippen LogP contribution < -0.4 is 10.2 Å². The number of carbonyl (C=O) groups is 1. The van der Waals surface area contributed by atoms with Gasteiger partial charge in [-0.25, -0.2) is 9.78 Å². The number of carbonyl (C=O) groups excluding carboxylic acids is 1. The molecule has 3 rings (SSSR count). The molecule has 2 aliphatic rings. The topological polar surface area (TPSA) is 70.6 Å². The minimum absolute atomic E-state index is 0.0121. The van der Waals surface area contributed by atoms with E-state index in [1.807, 2.05) is 0 Å². The van der Waals surface area contributed by atoms with E-state index in [0.717, 1.165) is 13.1 Å². The van der Waals surface area contributed by atoms with Crippen molar-refractivity contribution in [3.63, 3.8) is 0 Å². The summed E-state index contributed by atoms with van der Waals surface area (Å²) in [5.41, 5.74) is 0. The van der Waals surface area contributed by atoms with Crippen LogP contribution in [-0.4, -0.2) is 58.8 Å². The first-order chi connectivity index (χ1) is 12.9. The summed E-state index contributed by atoms with van der Waals surface area (Å²) in [5, 5.41) is 3.46. The maximum Gasteiger partial charge on any atom is 0.415 e. The smallest absolute Gasteiger partial charge is 0.415 e. The van der Waals surface area contributed by atoms with Crippen LogP contribution in [0, 0.1) is 11.8 Å². The summed E-state index contributed by atoms with van der Waals surface area (Å²) >= 11 is 0. The predicted octanol–water partition coefficient (Wildman–Crippen LogP) is 3.38. The van der Waals surface area contributed by atoms with E-state index < -0.39 is 0 Å². The molecule has 2 fully saturated rings. The van der Waals surface area contributed by atoms with Gasteiger partial charge in [-0.3, -0.25) is 4.90 Å². The van der Waals surface area contributed by atoms with Crippen LogP contribution in [0.25, 0.3) is 0 Å². The molecule has 150 valence electrons. The molecule has 7 heteroatoms. The van der Waals surface area contributed by atoms with Crippen molar-refractivity contribution in [2.75, 3.05) is 29.9 Å². The maximum absolute atomic E-state index is 12.2. The Labute approximate surface area is 162 Å². The molecule has 27 heavy (non-hydrogen) atoms. The molecular weight excluding hydrogens is 342 g/mol. The van der Waals surface area contributed by atoms with Crippen LogP contribution in [0.4, 0.5) is 16.6 Å². The SMILES string of the molecule is CC(C)C1COC(=O)N1c1ccnc(NC(C)C2CCN(C(C)C)CC2)n1. The fraction of sp³-hybridized carbons (Fsp3) is 0.750. The van der Waals surface area contributed by atoms with Crippen LogP contribution in [-0.2, 0) is 4.74 Å². The van der Waals surface area contributed by atoms with Gasteiger partial charge in [-0.05, 0) is 64.6 Å². The van der Waals surface area contributed by atoms with Crippen LogP contribution in [0.15, 0.2) is 12.3 Å². The van der Waals surface area contributed by atoms with E-state index in [4.69, 9.17) is 4.74 Å². The molecule has 1 aromatic rings. The van der Waals surface area contributed by atoms with Gasteiger partial charge in [0.1, 0.15) is 12.4 Å². The first kappa shape index (κ1) is 19.9. The number of nitrogens with one attached hydrogen (secondary N) is 1. The molecule has 0 aliphatic carbocycles. The largest absolute Gasteiger partial charge is 0.447 e. The van der Waals surface area contributed by atoms with Crippen molar-refractivity contribution in [2.24, 2.45) is 11.8 Å². The number of hydrogen-bond acceptors (Lipinski definition) is 6. The number of amides is 1. The first-order valence-electron chi connectivity index (χ1n) is 10.2. The van der Waals surface area contributed by atoms with Crippen LogP contribution in [0.3, 0.4) is 0 Å². The molecule has 2 atom stereocenters. The summed E-state index contributed by atoms with van der Waals surface area (Å²) < 4.78 is 5.24. The van der Waals surface area contributed by atoms with Crippen molar-refractivity contribution in [3.05, 3.63) is 12.3 Å². The Hall–Kier alpha value is -1.89. The highest BCUT2D eigenvalue weighted by atomic mass is 16.6. The number of anilines is 2. The summed E-state index contributed by atoms with van der Waals surface area (Å²) in [6, 6.07) is 2.70. The number of piperidine rings is 1. The molecule has 1 N–H and O–H groups in total. The molecule has 0 saturated carbocycles. The lowest BCUT2D eigenvalue weighted by molar-refractivity contribution is 0.143. The Morgan fingerprint density at radius 3 is 2.52 bits per heavy atom. The van der Waals surface area contributed by atoms with Crippen molar-refractivity contribution in [1.29, 1.82) is 0 Å². The lowest BCUT2D eigenvalue weighted by Crippen LogP contribution is -2.42. The van der Waals surface area contributed by atoms with Crippen molar-refractivity contribution in [2.45, 2.75) is 65.6 Å². The van der Waals surface area contributed by atoms with Gasteiger partial charge in [0.15, 0.2) is 0 Å². The average molecular weight is 376 g/mol. The van der Waals surface area contributed by atoms with Gasteiger partial charge < -0.3 is 15.0 Å². The Morgan fingerprint density at radius 1 is 1.19 bits per heavy atom. The first-order valence-corrected chi connectivity index (χ1v) is 10.2. The van der Waals surface area contributed by atoms with Crippen LogP contribution >= 0.6 is 0 Å². The second-order valence-electron chi connectivity index (χ2n) is 8.40. The van der Waals surface area contributed by atoms with Gasteiger partial charge in [0.2, 0.25) is 5.95 Å². The monoisotopic (exact) mass is 375 g/mol. The molecule has 0 bridgehead atoms. The highest BCUT2D eigenvalue weighted by Gasteiger charge is 2.37. The number of ether oxygens (including phenoxy) is 1. The average Bonchev–Trinajstić information content (AvgIpc) is 3.04. The van der Waals surface area contributed by atoms with E-state index in [1.54, 1.807) is 17.2 Å². The quantitative estimate of drug-likeness (QED) is 0.822. The van der Waals surface area contributed by atoms with Crippen molar-refractivity contribution < 1.29 is 9.53 Å². The zero-order chi connectivity index (χ0) is 19.6. The number of aromatic nitrogens is 2. The van der Waals surface area contributed by atoms with E-state index in [1.165, 1.54) is 12.8 Å². The molecule has 0 aromatic carbocycles. The second kappa shape index (κ2) is 8.42. The van der Waals surface area contributed by atoms with Gasteiger partial charge in [-0.2, -0.15) is 4.98 Å². The minimum Gasteiger partial charge on any atom is -0.447 e. The van der Waals surface area contributed by atoms with Gasteiger partial charge >= 0.3 is 6.09 Å². The highest BCUT2D eigenvalue weighted by Crippen LogP contribution is 2.27. The summed E-state index contributed by atoms with van der Waals surface area (Å²) in [4.78, 5) is 25.3. The van der Waals surface area contributed by atoms with Crippen molar-refractivity contribution >= 4 is 17.9 Å². The Kier molecular flexibility index (Phi) is 6.19. The fourth-order valence-electron chi connectivity index (χ4n) is 4.00. The van der Waals surface area contributed by atoms with Gasteiger partial charge in [-0.1, -0.05) is 13.8 Å². The normalized spacial score (nSPS) is 23.1. The molecule has 3 heterocycles. The molecule has 7 nitrogen and oxygen atoms in total. The zero-order valence-corrected chi connectivity index (χ0v) is 17.2. The minimum atomic E-state index is -0.326. The highest BCUT2D eigenvalue weighted by molar-refractivity contribution is 5.89. The van der Waals surface area contributed by atoms with E-state index >= 15 is 0 Å². The molecule has 1 aromatic heterocycles. The van der Waals surface area contributed by atoms with Gasteiger partial charge in [-0.15, -0.1) is 0 Å². The van der Waals surface area contributed by atoms with Crippen LogP contribution in [0.1, 0.15) is 47.5 Å². The molecule has 2 saturated heterocycles. The van der Waals surface area contributed by atoms with Gasteiger partial charge in [0.25, 0.3) is 0 Å². The third-order valence-electron chi connectivity index (χ3n) is 5.93. The Balaban J connectivity index is 1.65. The molecule has 0 radical (unpaired) electrons. The number of likely N-dealkylation sites (tertiary alicyclic amines) is 1.